The van der Waals surface area contributed by atoms with Crippen molar-refractivity contribution >= 4 is 17.7 Å². The van der Waals surface area contributed by atoms with Crippen LogP contribution in [0.3, 0.4) is 0 Å². The van der Waals surface area contributed by atoms with E-state index in [4.69, 9.17) is 14.2 Å². The van der Waals surface area contributed by atoms with E-state index in [0.29, 0.717) is 24.7 Å². The number of carboxylic acid groups (broad SMARTS) is 1. The zero-order valence-corrected chi connectivity index (χ0v) is 17.9. The molecule has 2 aliphatic rings. The second-order valence-electron chi connectivity index (χ2n) is 7.47. The lowest BCUT2D eigenvalue weighted by molar-refractivity contribution is 0.0694. The lowest BCUT2D eigenvalue weighted by atomic mass is 9.82. The number of nitrogens with zero attached hydrogens (tertiary/aromatic N) is 1. The third-order valence-electron chi connectivity index (χ3n) is 5.75. The van der Waals surface area contributed by atoms with Gasteiger partial charge >= 0.3 is 5.97 Å². The molecule has 8 heteroatoms. The zero-order chi connectivity index (χ0) is 21.3. The first kappa shape index (κ1) is 20.8. The molecule has 0 spiro atoms. The summed E-state index contributed by atoms with van der Waals surface area (Å²) in [5.41, 5.74) is 2.08. The Morgan fingerprint density at radius 3 is 2.80 bits per heavy atom. The second kappa shape index (κ2) is 8.73. The van der Waals surface area contributed by atoms with Crippen molar-refractivity contribution in [1.29, 1.82) is 0 Å². The van der Waals surface area contributed by atoms with Crippen molar-refractivity contribution in [3.8, 4) is 22.8 Å². The van der Waals surface area contributed by atoms with E-state index in [2.05, 4.69) is 0 Å². The first-order chi connectivity index (χ1) is 14.5. The molecule has 0 radical (unpaired) electrons. The van der Waals surface area contributed by atoms with Crippen LogP contribution in [0, 0.1) is 0 Å². The van der Waals surface area contributed by atoms with Crippen LogP contribution >= 0.6 is 11.8 Å². The summed E-state index contributed by atoms with van der Waals surface area (Å²) >= 11 is 1.89. The Morgan fingerprint density at radius 2 is 2.07 bits per heavy atom. The normalized spacial score (nSPS) is 19.4. The van der Waals surface area contributed by atoms with Gasteiger partial charge in [0.25, 0.3) is 0 Å². The van der Waals surface area contributed by atoms with Gasteiger partial charge in [0.2, 0.25) is 0 Å². The molecule has 2 aromatic rings. The van der Waals surface area contributed by atoms with Gasteiger partial charge in [0.05, 0.1) is 19.4 Å². The van der Waals surface area contributed by atoms with E-state index >= 15 is 0 Å². The Labute approximate surface area is 179 Å². The maximum atomic E-state index is 12.5. The average Bonchev–Trinajstić information content (AvgIpc) is 2.75. The van der Waals surface area contributed by atoms with Crippen LogP contribution in [0.5, 0.6) is 11.5 Å². The molecular weight excluding hydrogens is 406 g/mol. The molecule has 7 nitrogen and oxygen atoms in total. The molecule has 2 aliphatic heterocycles. The van der Waals surface area contributed by atoms with E-state index in [0.717, 1.165) is 41.2 Å². The number of carboxylic acids is 1. The van der Waals surface area contributed by atoms with Crippen LogP contribution in [-0.4, -0.2) is 54.6 Å². The van der Waals surface area contributed by atoms with E-state index in [9.17, 15) is 14.7 Å². The number of ether oxygens (including phenoxy) is 3. The van der Waals surface area contributed by atoms with Gasteiger partial charge in [0.1, 0.15) is 5.56 Å². The van der Waals surface area contributed by atoms with Crippen LogP contribution in [0.4, 0.5) is 0 Å². The van der Waals surface area contributed by atoms with Gasteiger partial charge in [-0.2, -0.15) is 11.8 Å². The number of carbonyl (C=O) groups is 1. The number of rotatable bonds is 7. The van der Waals surface area contributed by atoms with Crippen LogP contribution in [-0.2, 0) is 4.74 Å². The minimum absolute atomic E-state index is 0.113. The Hall–Kier alpha value is -2.45. The molecule has 160 valence electrons. The number of benzene rings is 1. The summed E-state index contributed by atoms with van der Waals surface area (Å²) in [7, 11) is 3.25. The molecule has 0 bridgehead atoms. The molecule has 1 fully saturated rings. The van der Waals surface area contributed by atoms with E-state index in [-0.39, 0.29) is 17.5 Å². The number of hydrogen-bond donors (Lipinski definition) is 1. The monoisotopic (exact) mass is 431 g/mol. The summed E-state index contributed by atoms with van der Waals surface area (Å²) < 4.78 is 18.6. The van der Waals surface area contributed by atoms with Gasteiger partial charge in [0, 0.05) is 55.7 Å². The molecule has 1 aromatic heterocycles. The van der Waals surface area contributed by atoms with Crippen LogP contribution in [0.1, 0.15) is 40.7 Å². The zero-order valence-electron chi connectivity index (χ0n) is 17.1. The van der Waals surface area contributed by atoms with E-state index in [1.165, 1.54) is 12.3 Å². The molecule has 4 rings (SSSR count). The SMILES string of the molecule is COCCCOc1cc2c(cc1OC)-c1cc(=O)c(C(=O)O)cn1[C@H]1CCSC[C@@H]21. The molecular formula is C22H25NO6S. The molecule has 2 atom stereocenters. The molecule has 1 saturated heterocycles. The lowest BCUT2D eigenvalue weighted by Crippen LogP contribution is -2.32. The predicted molar refractivity (Wildman–Crippen MR) is 115 cm³/mol. The lowest BCUT2D eigenvalue weighted by Gasteiger charge is -2.40. The van der Waals surface area contributed by atoms with Gasteiger partial charge in [-0.25, -0.2) is 4.79 Å². The molecule has 0 unspecified atom stereocenters. The number of hydrogen-bond acceptors (Lipinski definition) is 6. The fourth-order valence-electron chi connectivity index (χ4n) is 4.32. The van der Waals surface area contributed by atoms with Crippen LogP contribution in [0.2, 0.25) is 0 Å². The van der Waals surface area contributed by atoms with E-state index in [1.54, 1.807) is 14.2 Å². The minimum Gasteiger partial charge on any atom is -0.493 e. The van der Waals surface area contributed by atoms with Gasteiger partial charge in [-0.1, -0.05) is 0 Å². The molecule has 30 heavy (non-hydrogen) atoms. The Kier molecular flexibility index (Phi) is 6.06. The van der Waals surface area contributed by atoms with Gasteiger partial charge in [-0.3, -0.25) is 4.79 Å². The predicted octanol–water partition coefficient (Wildman–Crippen LogP) is 3.41. The van der Waals surface area contributed by atoms with E-state index < -0.39 is 11.4 Å². The second-order valence-corrected chi connectivity index (χ2v) is 8.62. The fourth-order valence-corrected chi connectivity index (χ4v) is 5.55. The van der Waals surface area contributed by atoms with Crippen molar-refractivity contribution in [3.05, 3.63) is 45.7 Å². The fraction of sp³-hybridized carbons (Fsp3) is 0.455. The van der Waals surface area contributed by atoms with Crippen LogP contribution < -0.4 is 14.9 Å². The summed E-state index contributed by atoms with van der Waals surface area (Å²) in [4.78, 5) is 24.0. The van der Waals surface area contributed by atoms with Crippen LogP contribution in [0.25, 0.3) is 11.3 Å². The maximum Gasteiger partial charge on any atom is 0.341 e. The summed E-state index contributed by atoms with van der Waals surface area (Å²) in [5.74, 6) is 2.22. The van der Waals surface area contributed by atoms with Crippen molar-refractivity contribution in [3.63, 3.8) is 0 Å². The Bertz CT molecular complexity index is 1020. The number of methoxy groups -OCH3 is 2. The Balaban J connectivity index is 1.84. The van der Waals surface area contributed by atoms with Crippen molar-refractivity contribution in [2.45, 2.75) is 24.8 Å². The van der Waals surface area contributed by atoms with Crippen molar-refractivity contribution in [2.24, 2.45) is 0 Å². The van der Waals surface area contributed by atoms with Crippen LogP contribution in [0.15, 0.2) is 29.2 Å². The van der Waals surface area contributed by atoms with Gasteiger partial charge in [-0.15, -0.1) is 0 Å². The van der Waals surface area contributed by atoms with Gasteiger partial charge < -0.3 is 23.9 Å². The van der Waals surface area contributed by atoms with Gasteiger partial charge in [0.15, 0.2) is 16.9 Å². The number of thioether (sulfide) groups is 1. The van der Waals surface area contributed by atoms with Crippen molar-refractivity contribution < 1.29 is 24.1 Å². The third-order valence-corrected chi connectivity index (χ3v) is 6.87. The first-order valence-corrected chi connectivity index (χ1v) is 11.1. The molecule has 3 heterocycles. The molecule has 0 aliphatic carbocycles. The molecule has 0 saturated carbocycles. The first-order valence-electron chi connectivity index (χ1n) is 9.96. The van der Waals surface area contributed by atoms with Gasteiger partial charge in [-0.05, 0) is 29.9 Å². The highest BCUT2D eigenvalue weighted by Gasteiger charge is 2.37. The number of pyridine rings is 1. The summed E-state index contributed by atoms with van der Waals surface area (Å²) in [6.45, 7) is 1.14. The highest BCUT2D eigenvalue weighted by atomic mass is 32.2. The maximum absolute atomic E-state index is 12.5. The molecule has 1 aromatic carbocycles. The number of aromatic carboxylic acids is 1. The van der Waals surface area contributed by atoms with E-state index in [1.807, 2.05) is 28.5 Å². The van der Waals surface area contributed by atoms with Crippen molar-refractivity contribution in [1.82, 2.24) is 4.57 Å². The van der Waals surface area contributed by atoms with Crippen molar-refractivity contribution in [2.75, 3.05) is 38.9 Å². The number of aromatic nitrogens is 1. The average molecular weight is 432 g/mol. The smallest absolute Gasteiger partial charge is 0.341 e. The summed E-state index contributed by atoms with van der Waals surface area (Å²) in [6.07, 6.45) is 3.20. The summed E-state index contributed by atoms with van der Waals surface area (Å²) in [6, 6.07) is 5.49. The standard InChI is InChI=1S/C22H25NO6S/c1-27-5-3-6-29-21-8-13-14(9-20(21)28-2)18-10-19(24)15(22(25)26)11-23(18)17-4-7-30-12-16(13)17/h8-11,16-17H,3-7,12H2,1-2H3,(H,25,26)/t16-,17-/m0/s1. The largest absolute Gasteiger partial charge is 0.493 e. The third kappa shape index (κ3) is 3.70. The highest BCUT2D eigenvalue weighted by molar-refractivity contribution is 7.99. The number of fused-ring (bicyclic) bond motifs is 6. The highest BCUT2D eigenvalue weighted by Crippen LogP contribution is 2.50. The molecule has 0 amide bonds. The minimum atomic E-state index is -1.19. The molecule has 1 N–H and O–H groups in total. The quantitative estimate of drug-likeness (QED) is 0.672. The topological polar surface area (TPSA) is 87.0 Å². The summed E-state index contributed by atoms with van der Waals surface area (Å²) in [5, 5.41) is 9.43. The Morgan fingerprint density at radius 1 is 1.23 bits per heavy atom.